The maximum Gasteiger partial charge on any atom is 0.483 e. The first kappa shape index (κ1) is 43.5. The molecule has 2 fully saturated rings. The molecule has 12 atom stereocenters. The van der Waals surface area contributed by atoms with Crippen molar-refractivity contribution in [2.75, 3.05) is 18.9 Å². The van der Waals surface area contributed by atoms with Crippen molar-refractivity contribution in [2.45, 2.75) is 96.0 Å². The van der Waals surface area contributed by atoms with Crippen LogP contribution in [0.25, 0.3) is 11.2 Å². The van der Waals surface area contributed by atoms with Crippen LogP contribution >= 0.6 is 15.6 Å². The lowest BCUT2D eigenvalue weighted by Crippen LogP contribution is -2.65. The minimum Gasteiger partial charge on any atom is -0.462 e. The molecule has 2 aromatic heterocycles. The monoisotopic (exact) mass is 831 g/mol. The number of aliphatic hydroxyl groups is 1. The van der Waals surface area contributed by atoms with Gasteiger partial charge in [0.1, 0.15) is 36.8 Å². The number of anilines is 1. The maximum absolute atomic E-state index is 15.1. The van der Waals surface area contributed by atoms with Crippen LogP contribution in [-0.4, -0.2) is 133 Å². The Balaban J connectivity index is 1.57. The number of rotatable bonds is 15. The number of phosphoric acid groups is 2. The highest BCUT2D eigenvalue weighted by Gasteiger charge is 2.57. The molecule has 0 amide bonds. The smallest absolute Gasteiger partial charge is 0.462 e. The molecule has 2 aliphatic rings. The number of fused-ring (bicyclic) bond motifs is 1. The lowest BCUT2D eigenvalue weighted by Gasteiger charge is -2.45. The number of phosphoric ester groups is 2. The number of alkyl halides is 1. The van der Waals surface area contributed by atoms with Gasteiger partial charge in [-0.15, -0.1) is 0 Å². The van der Waals surface area contributed by atoms with Crippen LogP contribution in [0.3, 0.4) is 0 Å². The zero-order chi connectivity index (χ0) is 41.0. The van der Waals surface area contributed by atoms with Crippen LogP contribution in [0.1, 0.15) is 40.8 Å². The average Bonchev–Trinajstić information content (AvgIpc) is 3.60. The van der Waals surface area contributed by atoms with E-state index >= 15 is 4.39 Å². The van der Waals surface area contributed by atoms with E-state index in [9.17, 15) is 48.0 Å². The Bertz CT molecular complexity index is 1870. The standard InChI is InChI=1S/C27H36FN5O20P2/c1-10(34)44-6-16(46-11(2)35)20-21(47-12(3)36)22(48-13(4)37)23(49-14(5)38)27(51-20)52-55(42,43)53-54(40,41)45-7-15-17(28)19(39)26(50-15)33-9-32-18-24(29)30-8-31-25(18)33/h8-9,15-17,19-23,26-27,39H,6-7H2,1-5H3,(H,40,41)(H,42,43)(H2,29,30,31)/t15-,16?,17+,19-,20-,21-,22+,23+,26-,27+/m1/s1. The van der Waals surface area contributed by atoms with Crippen molar-refractivity contribution in [1.29, 1.82) is 0 Å². The molecule has 4 heterocycles. The molecular weight excluding hydrogens is 795 g/mol. The summed E-state index contributed by atoms with van der Waals surface area (Å²) in [6.45, 7) is 2.53. The number of aliphatic hydroxyl groups excluding tert-OH is 1. The third kappa shape index (κ3) is 11.2. The Labute approximate surface area is 308 Å². The molecule has 28 heteroatoms. The van der Waals surface area contributed by atoms with Crippen molar-refractivity contribution in [3.63, 3.8) is 0 Å². The lowest BCUT2D eigenvalue weighted by molar-refractivity contribution is -0.301. The van der Waals surface area contributed by atoms with Crippen molar-refractivity contribution in [3.05, 3.63) is 12.7 Å². The van der Waals surface area contributed by atoms with Gasteiger partial charge >= 0.3 is 45.5 Å². The predicted octanol–water partition coefficient (Wildman–Crippen LogP) is -0.730. The number of imidazole rings is 1. The fourth-order valence-electron chi connectivity index (χ4n) is 5.40. The summed E-state index contributed by atoms with van der Waals surface area (Å²) in [7, 11) is -11.7. The number of halogens is 1. The van der Waals surface area contributed by atoms with E-state index in [1.54, 1.807) is 0 Å². The van der Waals surface area contributed by atoms with Crippen LogP contribution in [0.2, 0.25) is 0 Å². The second-order valence-electron chi connectivity index (χ2n) is 11.6. The Kier molecular flexibility index (Phi) is 14.0. The van der Waals surface area contributed by atoms with Crippen LogP contribution in [0.5, 0.6) is 0 Å². The van der Waals surface area contributed by atoms with Crippen molar-refractivity contribution in [3.8, 4) is 0 Å². The van der Waals surface area contributed by atoms with Crippen LogP contribution in [0.4, 0.5) is 10.2 Å². The summed E-state index contributed by atoms with van der Waals surface area (Å²) in [6, 6.07) is 0. The highest BCUT2D eigenvalue weighted by atomic mass is 31.3. The SMILES string of the molecule is CC(=O)OCC(OC(C)=O)[C@H]1O[C@@H](OP(=O)(O)OP(=O)(O)OC[C@H]2O[C@@H](n3cnc4c(N)ncnc43)[C@H](O)[C@H]2F)[C@@H](OC(C)=O)[C@@H](OC(C)=O)[C@@H]1OC(C)=O. The molecule has 2 saturated heterocycles. The van der Waals surface area contributed by atoms with Gasteiger partial charge in [-0.05, 0) is 0 Å². The fraction of sp³-hybridized carbons (Fsp3) is 0.630. The molecule has 25 nitrogen and oxygen atoms in total. The Morgan fingerprint density at radius 2 is 1.51 bits per heavy atom. The molecular formula is C27H36FN5O20P2. The molecule has 0 spiro atoms. The number of carbonyl (C=O) groups is 5. The minimum absolute atomic E-state index is 0.0346. The van der Waals surface area contributed by atoms with E-state index in [2.05, 4.69) is 23.8 Å². The van der Waals surface area contributed by atoms with E-state index in [-0.39, 0.29) is 17.0 Å². The number of ether oxygens (including phenoxy) is 7. The molecule has 0 aromatic carbocycles. The third-order valence-corrected chi connectivity index (χ3v) is 9.97. The average molecular weight is 832 g/mol. The largest absolute Gasteiger partial charge is 0.483 e. The summed E-state index contributed by atoms with van der Waals surface area (Å²) in [5, 5.41) is 10.5. The summed E-state index contributed by atoms with van der Waals surface area (Å²) in [5.41, 5.74) is 5.88. The number of carbonyl (C=O) groups excluding carboxylic acids is 5. The fourth-order valence-corrected chi connectivity index (χ4v) is 7.55. The number of nitrogens with two attached hydrogens (primary N) is 1. The first-order valence-electron chi connectivity index (χ1n) is 15.7. The van der Waals surface area contributed by atoms with Gasteiger partial charge in [0.15, 0.2) is 48.3 Å². The molecule has 0 aliphatic carbocycles. The van der Waals surface area contributed by atoms with Crippen LogP contribution < -0.4 is 5.73 Å². The number of hydrogen-bond acceptors (Lipinski definition) is 22. The highest BCUT2D eigenvalue weighted by Crippen LogP contribution is 2.62. The third-order valence-electron chi connectivity index (χ3n) is 7.37. The van der Waals surface area contributed by atoms with Crippen LogP contribution in [-0.2, 0) is 79.6 Å². The molecule has 0 radical (unpaired) electrons. The summed E-state index contributed by atoms with van der Waals surface area (Å²) >= 11 is 0. The molecule has 0 saturated carbocycles. The van der Waals surface area contributed by atoms with Gasteiger partial charge in [-0.25, -0.2) is 28.5 Å². The van der Waals surface area contributed by atoms with Crippen molar-refractivity contribution in [1.82, 2.24) is 19.5 Å². The quantitative estimate of drug-likeness (QED) is 0.0976. The zero-order valence-electron chi connectivity index (χ0n) is 29.3. The van der Waals surface area contributed by atoms with Gasteiger partial charge in [0.2, 0.25) is 6.29 Å². The van der Waals surface area contributed by atoms with E-state index < -0.39 is 120 Å². The van der Waals surface area contributed by atoms with Crippen LogP contribution in [0.15, 0.2) is 12.7 Å². The van der Waals surface area contributed by atoms with Crippen molar-refractivity contribution < 1.29 is 98.9 Å². The molecule has 0 bridgehead atoms. The van der Waals surface area contributed by atoms with Gasteiger partial charge < -0.3 is 53.8 Å². The molecule has 5 N–H and O–H groups in total. The van der Waals surface area contributed by atoms with E-state index in [0.29, 0.717) is 0 Å². The number of hydrogen-bond donors (Lipinski definition) is 4. The Morgan fingerprint density at radius 3 is 2.11 bits per heavy atom. The number of nitrogen functional groups attached to an aromatic ring is 1. The van der Waals surface area contributed by atoms with Gasteiger partial charge in [-0.3, -0.25) is 37.6 Å². The summed E-state index contributed by atoms with van der Waals surface area (Å²) in [5.74, 6) is -5.26. The van der Waals surface area contributed by atoms with E-state index in [4.69, 9.17) is 43.4 Å². The normalized spacial score (nSPS) is 29.3. The van der Waals surface area contributed by atoms with Crippen molar-refractivity contribution >= 4 is 62.5 Å². The first-order valence-corrected chi connectivity index (χ1v) is 18.7. The highest BCUT2D eigenvalue weighted by molar-refractivity contribution is 7.61. The van der Waals surface area contributed by atoms with Crippen LogP contribution in [0, 0.1) is 0 Å². The maximum atomic E-state index is 15.1. The number of nitrogens with zero attached hydrogens (tertiary/aromatic N) is 4. The van der Waals surface area contributed by atoms with Gasteiger partial charge in [-0.1, -0.05) is 0 Å². The summed E-state index contributed by atoms with van der Waals surface area (Å²) < 4.78 is 93.0. The van der Waals surface area contributed by atoms with Crippen molar-refractivity contribution in [2.24, 2.45) is 0 Å². The van der Waals surface area contributed by atoms with Gasteiger partial charge in [-0.2, -0.15) is 4.31 Å². The molecule has 3 unspecified atom stereocenters. The first-order chi connectivity index (χ1) is 25.6. The zero-order valence-corrected chi connectivity index (χ0v) is 31.1. The molecule has 4 rings (SSSR count). The van der Waals surface area contributed by atoms with Gasteiger partial charge in [0.25, 0.3) is 0 Å². The molecule has 55 heavy (non-hydrogen) atoms. The summed E-state index contributed by atoms with van der Waals surface area (Å²) in [4.78, 5) is 92.7. The molecule has 306 valence electrons. The topological polar surface area (TPSA) is 342 Å². The number of aromatic nitrogens is 4. The summed E-state index contributed by atoms with van der Waals surface area (Å²) in [6.07, 6.45) is -17.4. The Morgan fingerprint density at radius 1 is 0.891 bits per heavy atom. The van der Waals surface area contributed by atoms with Gasteiger partial charge in [0.05, 0.1) is 12.9 Å². The lowest BCUT2D eigenvalue weighted by atomic mass is 9.94. The van der Waals surface area contributed by atoms with E-state index in [1.807, 2.05) is 0 Å². The second kappa shape index (κ2) is 17.7. The molecule has 2 aliphatic heterocycles. The van der Waals surface area contributed by atoms with E-state index in [0.717, 1.165) is 51.8 Å². The predicted molar refractivity (Wildman–Crippen MR) is 170 cm³/mol. The van der Waals surface area contributed by atoms with E-state index in [1.165, 1.54) is 0 Å². The minimum atomic E-state index is -5.98. The second-order valence-corrected chi connectivity index (χ2v) is 14.6. The Hall–Kier alpha value is -4.23. The number of esters is 5. The van der Waals surface area contributed by atoms with Gasteiger partial charge in [0, 0.05) is 34.6 Å². The molecule has 2 aromatic rings.